The van der Waals surface area contributed by atoms with E-state index in [4.69, 9.17) is 0 Å². The fourth-order valence-corrected chi connectivity index (χ4v) is 3.63. The Kier molecular flexibility index (Phi) is 4.82. The van der Waals surface area contributed by atoms with Crippen LogP contribution < -0.4 is 5.32 Å². The van der Waals surface area contributed by atoms with Gasteiger partial charge in [0, 0.05) is 0 Å². The van der Waals surface area contributed by atoms with Crippen LogP contribution in [0.25, 0.3) is 0 Å². The summed E-state index contributed by atoms with van der Waals surface area (Å²) in [5.74, 6) is 3.10. The largest absolute Gasteiger partial charge is 0.317 e. The van der Waals surface area contributed by atoms with Crippen LogP contribution in [0.4, 0.5) is 0 Å². The SMILES string of the molecule is CC(C)C(c1ccccc1)C(C)C1CCNCC1. The molecule has 0 aromatic heterocycles. The van der Waals surface area contributed by atoms with E-state index in [0.717, 1.165) is 17.8 Å². The molecule has 2 unspecified atom stereocenters. The third-order valence-electron chi connectivity index (χ3n) is 4.60. The Balaban J connectivity index is 2.14. The van der Waals surface area contributed by atoms with E-state index in [1.54, 1.807) is 0 Å². The summed E-state index contributed by atoms with van der Waals surface area (Å²) in [7, 11) is 0. The van der Waals surface area contributed by atoms with Crippen molar-refractivity contribution >= 4 is 0 Å². The summed E-state index contributed by atoms with van der Waals surface area (Å²) in [6.45, 7) is 9.61. The fraction of sp³-hybridized carbons (Fsp3) is 0.647. The zero-order chi connectivity index (χ0) is 13.0. The number of nitrogens with one attached hydrogen (secondary N) is 1. The van der Waals surface area contributed by atoms with E-state index < -0.39 is 0 Å². The molecule has 0 saturated carbocycles. The minimum atomic E-state index is 0.703. The summed E-state index contributed by atoms with van der Waals surface area (Å²) in [5.41, 5.74) is 1.53. The molecule has 0 amide bonds. The van der Waals surface area contributed by atoms with Gasteiger partial charge in [-0.3, -0.25) is 0 Å². The average Bonchev–Trinajstić information content (AvgIpc) is 2.40. The summed E-state index contributed by atoms with van der Waals surface area (Å²) in [6, 6.07) is 11.1. The molecule has 1 aliphatic heterocycles. The number of hydrogen-bond acceptors (Lipinski definition) is 1. The normalized spacial score (nSPS) is 20.9. The quantitative estimate of drug-likeness (QED) is 0.843. The highest BCUT2D eigenvalue weighted by Crippen LogP contribution is 2.38. The highest BCUT2D eigenvalue weighted by Gasteiger charge is 2.29. The Morgan fingerprint density at radius 3 is 2.17 bits per heavy atom. The average molecular weight is 245 g/mol. The lowest BCUT2D eigenvalue weighted by Crippen LogP contribution is -2.33. The minimum Gasteiger partial charge on any atom is -0.317 e. The van der Waals surface area contributed by atoms with Gasteiger partial charge in [-0.25, -0.2) is 0 Å². The molecule has 0 aliphatic carbocycles. The molecule has 0 radical (unpaired) electrons. The maximum absolute atomic E-state index is 3.48. The van der Waals surface area contributed by atoms with Gasteiger partial charge < -0.3 is 5.32 Å². The molecule has 100 valence electrons. The summed E-state index contributed by atoms with van der Waals surface area (Å²) in [4.78, 5) is 0. The lowest BCUT2D eigenvalue weighted by atomic mass is 9.71. The van der Waals surface area contributed by atoms with Crippen LogP contribution in [0.3, 0.4) is 0 Å². The molecule has 1 heterocycles. The summed E-state index contributed by atoms with van der Waals surface area (Å²) >= 11 is 0. The topological polar surface area (TPSA) is 12.0 Å². The second-order valence-corrected chi connectivity index (χ2v) is 6.13. The molecule has 0 bridgehead atoms. The summed E-state index contributed by atoms with van der Waals surface area (Å²) < 4.78 is 0. The Bertz CT molecular complexity index is 338. The van der Waals surface area contributed by atoms with Gasteiger partial charge in [0.2, 0.25) is 0 Å². The van der Waals surface area contributed by atoms with Crippen molar-refractivity contribution in [2.24, 2.45) is 17.8 Å². The molecule has 18 heavy (non-hydrogen) atoms. The van der Waals surface area contributed by atoms with Gasteiger partial charge in [-0.2, -0.15) is 0 Å². The van der Waals surface area contributed by atoms with Crippen LogP contribution in [0.5, 0.6) is 0 Å². The van der Waals surface area contributed by atoms with Crippen molar-refractivity contribution in [3.63, 3.8) is 0 Å². The molecular formula is C17H27N. The Morgan fingerprint density at radius 2 is 1.61 bits per heavy atom. The Hall–Kier alpha value is -0.820. The first-order chi connectivity index (χ1) is 8.70. The van der Waals surface area contributed by atoms with Gasteiger partial charge in [-0.1, -0.05) is 51.1 Å². The second kappa shape index (κ2) is 6.38. The van der Waals surface area contributed by atoms with E-state index in [9.17, 15) is 0 Å². The van der Waals surface area contributed by atoms with Gasteiger partial charge in [0.15, 0.2) is 0 Å². The molecule has 1 aliphatic rings. The summed E-state index contributed by atoms with van der Waals surface area (Å²) in [6.07, 6.45) is 2.69. The van der Waals surface area contributed by atoms with Gasteiger partial charge in [-0.05, 0) is 55.2 Å². The molecule has 1 aromatic carbocycles. The van der Waals surface area contributed by atoms with Gasteiger partial charge in [0.05, 0.1) is 0 Å². The molecule has 1 nitrogen and oxygen atoms in total. The third kappa shape index (κ3) is 3.14. The standard InChI is InChI=1S/C17H27N/c1-13(2)17(16-7-5-4-6-8-16)14(3)15-9-11-18-12-10-15/h4-8,13-15,17-18H,9-12H2,1-3H3. The monoisotopic (exact) mass is 245 g/mol. The predicted octanol–water partition coefficient (Wildman–Crippen LogP) is 4.06. The second-order valence-electron chi connectivity index (χ2n) is 6.13. The van der Waals surface area contributed by atoms with Crippen LogP contribution in [0, 0.1) is 17.8 Å². The van der Waals surface area contributed by atoms with E-state index >= 15 is 0 Å². The van der Waals surface area contributed by atoms with Gasteiger partial charge >= 0.3 is 0 Å². The highest BCUT2D eigenvalue weighted by molar-refractivity contribution is 5.21. The molecule has 2 atom stereocenters. The molecular weight excluding hydrogens is 218 g/mol. The maximum atomic E-state index is 3.48. The molecule has 1 fully saturated rings. The lowest BCUT2D eigenvalue weighted by molar-refractivity contribution is 0.213. The summed E-state index contributed by atoms with van der Waals surface area (Å²) in [5, 5.41) is 3.48. The number of benzene rings is 1. The fourth-order valence-electron chi connectivity index (χ4n) is 3.63. The molecule has 1 heteroatoms. The smallest absolute Gasteiger partial charge is 0.00462 e. The van der Waals surface area contributed by atoms with Crippen molar-refractivity contribution < 1.29 is 0 Å². The van der Waals surface area contributed by atoms with Crippen LogP contribution in [0.2, 0.25) is 0 Å². The van der Waals surface area contributed by atoms with Gasteiger partial charge in [-0.15, -0.1) is 0 Å². The molecule has 0 spiro atoms. The van der Waals surface area contributed by atoms with E-state index in [-0.39, 0.29) is 0 Å². The lowest BCUT2D eigenvalue weighted by Gasteiger charge is -2.36. The van der Waals surface area contributed by atoms with Crippen LogP contribution in [0.1, 0.15) is 45.1 Å². The van der Waals surface area contributed by atoms with E-state index in [1.165, 1.54) is 31.5 Å². The minimum absolute atomic E-state index is 0.703. The first kappa shape index (κ1) is 13.6. The highest BCUT2D eigenvalue weighted by atomic mass is 14.9. The van der Waals surface area contributed by atoms with Crippen molar-refractivity contribution in [3.05, 3.63) is 35.9 Å². The van der Waals surface area contributed by atoms with Crippen LogP contribution in [-0.4, -0.2) is 13.1 Å². The van der Waals surface area contributed by atoms with Crippen molar-refractivity contribution in [2.75, 3.05) is 13.1 Å². The molecule has 1 aromatic rings. The zero-order valence-corrected chi connectivity index (χ0v) is 12.0. The molecule has 2 rings (SSSR count). The first-order valence-corrected chi connectivity index (χ1v) is 7.46. The van der Waals surface area contributed by atoms with Gasteiger partial charge in [0.1, 0.15) is 0 Å². The van der Waals surface area contributed by atoms with Crippen molar-refractivity contribution in [2.45, 2.75) is 39.5 Å². The Morgan fingerprint density at radius 1 is 1.00 bits per heavy atom. The first-order valence-electron chi connectivity index (χ1n) is 7.46. The third-order valence-corrected chi connectivity index (χ3v) is 4.60. The Labute approximate surface area is 112 Å². The number of rotatable bonds is 4. The van der Waals surface area contributed by atoms with Crippen molar-refractivity contribution in [1.29, 1.82) is 0 Å². The van der Waals surface area contributed by atoms with E-state index in [1.807, 2.05) is 0 Å². The van der Waals surface area contributed by atoms with E-state index in [2.05, 4.69) is 56.4 Å². The molecule has 1 N–H and O–H groups in total. The number of piperidine rings is 1. The predicted molar refractivity (Wildman–Crippen MR) is 78.8 cm³/mol. The maximum Gasteiger partial charge on any atom is -0.00462 e. The van der Waals surface area contributed by atoms with Gasteiger partial charge in [0.25, 0.3) is 0 Å². The van der Waals surface area contributed by atoms with Crippen molar-refractivity contribution in [1.82, 2.24) is 5.32 Å². The van der Waals surface area contributed by atoms with E-state index in [0.29, 0.717) is 5.92 Å². The van der Waals surface area contributed by atoms with Crippen LogP contribution in [0.15, 0.2) is 30.3 Å². The van der Waals surface area contributed by atoms with Crippen LogP contribution in [-0.2, 0) is 0 Å². The van der Waals surface area contributed by atoms with Crippen LogP contribution >= 0.6 is 0 Å². The number of hydrogen-bond donors (Lipinski definition) is 1. The zero-order valence-electron chi connectivity index (χ0n) is 12.0. The van der Waals surface area contributed by atoms with Crippen molar-refractivity contribution in [3.8, 4) is 0 Å². The molecule has 1 saturated heterocycles.